The van der Waals surface area contributed by atoms with Crippen LogP contribution in [0.3, 0.4) is 0 Å². The summed E-state index contributed by atoms with van der Waals surface area (Å²) in [7, 11) is 0. The van der Waals surface area contributed by atoms with E-state index in [4.69, 9.17) is 10.5 Å². The van der Waals surface area contributed by atoms with Crippen LogP contribution in [0.1, 0.15) is 26.4 Å². The highest BCUT2D eigenvalue weighted by molar-refractivity contribution is 7.19. The Balaban J connectivity index is 1.35. The predicted molar refractivity (Wildman–Crippen MR) is 149 cm³/mol. The fourth-order valence-corrected chi connectivity index (χ4v) is 5.46. The van der Waals surface area contributed by atoms with Crippen molar-refractivity contribution < 1.29 is 27.5 Å². The summed E-state index contributed by atoms with van der Waals surface area (Å²) in [6.45, 7) is 2.04. The maximum atomic E-state index is 14.1. The van der Waals surface area contributed by atoms with Gasteiger partial charge in [0.05, 0.1) is 25.3 Å². The van der Waals surface area contributed by atoms with Crippen LogP contribution in [0.25, 0.3) is 27.3 Å². The van der Waals surface area contributed by atoms with Crippen LogP contribution in [0, 0.1) is 0 Å². The number of thiophene rings is 1. The molecule has 3 heterocycles. The third-order valence-electron chi connectivity index (χ3n) is 6.41. The van der Waals surface area contributed by atoms with Gasteiger partial charge in [0.25, 0.3) is 5.91 Å². The maximum absolute atomic E-state index is 14.1. The minimum absolute atomic E-state index is 0.0769. The Morgan fingerprint density at radius 3 is 2.48 bits per heavy atom. The minimum atomic E-state index is -4.57. The van der Waals surface area contributed by atoms with Gasteiger partial charge in [0.15, 0.2) is 0 Å². The number of nitrogens with zero attached hydrogens (tertiary/aromatic N) is 2. The SMILES string of the molecule is Nc1ccc(/C=C/C(=O)NCc2cc3cc(-c4ccc(C(=O)N5CCOCC5)cc4)cc(C(F)(F)F)c3s2)cn1. The van der Waals surface area contributed by atoms with Gasteiger partial charge in [0.1, 0.15) is 5.82 Å². The fraction of sp³-hybridized carbons (Fsp3) is 0.207. The molecule has 0 spiro atoms. The molecule has 1 aliphatic heterocycles. The highest BCUT2D eigenvalue weighted by Crippen LogP contribution is 2.41. The van der Waals surface area contributed by atoms with Gasteiger partial charge in [0, 0.05) is 40.5 Å². The Morgan fingerprint density at radius 2 is 1.80 bits per heavy atom. The lowest BCUT2D eigenvalue weighted by atomic mass is 9.99. The molecule has 206 valence electrons. The van der Waals surface area contributed by atoms with Crippen LogP contribution in [0.15, 0.2) is 66.9 Å². The first kappa shape index (κ1) is 27.4. The van der Waals surface area contributed by atoms with Gasteiger partial charge >= 0.3 is 6.18 Å². The van der Waals surface area contributed by atoms with Crippen molar-refractivity contribution in [2.75, 3.05) is 32.0 Å². The molecular weight excluding hydrogens is 541 g/mol. The molecule has 11 heteroatoms. The van der Waals surface area contributed by atoms with Crippen LogP contribution in [0.4, 0.5) is 19.0 Å². The zero-order valence-electron chi connectivity index (χ0n) is 21.2. The molecule has 7 nitrogen and oxygen atoms in total. The van der Waals surface area contributed by atoms with E-state index in [9.17, 15) is 22.8 Å². The van der Waals surface area contributed by atoms with E-state index in [1.165, 1.54) is 12.3 Å². The van der Waals surface area contributed by atoms with Crippen LogP contribution in [0.5, 0.6) is 0 Å². The van der Waals surface area contributed by atoms with Crippen molar-refractivity contribution in [1.29, 1.82) is 0 Å². The molecule has 2 aromatic heterocycles. The molecule has 0 atom stereocenters. The number of hydrogen-bond donors (Lipinski definition) is 2. The Kier molecular flexibility index (Phi) is 7.85. The largest absolute Gasteiger partial charge is 0.417 e. The second-order valence-corrected chi connectivity index (χ2v) is 10.3. The quantitative estimate of drug-likeness (QED) is 0.306. The molecule has 0 radical (unpaired) electrons. The van der Waals surface area contributed by atoms with Crippen LogP contribution >= 0.6 is 11.3 Å². The van der Waals surface area contributed by atoms with Crippen molar-refractivity contribution >= 4 is 45.1 Å². The van der Waals surface area contributed by atoms with Gasteiger partial charge in [-0.2, -0.15) is 13.2 Å². The number of aromatic nitrogens is 1. The Labute approximate surface area is 232 Å². The lowest BCUT2D eigenvalue weighted by Crippen LogP contribution is -2.40. The van der Waals surface area contributed by atoms with Gasteiger partial charge in [-0.1, -0.05) is 12.1 Å². The van der Waals surface area contributed by atoms with Gasteiger partial charge < -0.3 is 20.7 Å². The molecule has 3 N–H and O–H groups in total. The number of carbonyl (C=O) groups is 2. The summed E-state index contributed by atoms with van der Waals surface area (Å²) >= 11 is 0.992. The highest BCUT2D eigenvalue weighted by atomic mass is 32.1. The predicted octanol–water partition coefficient (Wildman–Crippen LogP) is 5.37. The standard InChI is InChI=1S/C29H25F3N4O3S/c30-29(31,32)24-15-21(19-3-5-20(6-4-19)28(38)36-9-11-39-12-10-36)13-22-14-23(40-27(22)24)17-35-26(37)8-2-18-1-7-25(33)34-16-18/h1-8,13-16H,9-12,17H2,(H2,33,34)(H,35,37)/b8-2+. The molecule has 1 aliphatic rings. The highest BCUT2D eigenvalue weighted by Gasteiger charge is 2.34. The third kappa shape index (κ3) is 6.32. The van der Waals surface area contributed by atoms with Gasteiger partial charge in [-0.3, -0.25) is 9.59 Å². The summed E-state index contributed by atoms with van der Waals surface area (Å²) < 4.78 is 47.5. The summed E-state index contributed by atoms with van der Waals surface area (Å²) in [5, 5.41) is 3.13. The summed E-state index contributed by atoms with van der Waals surface area (Å²) in [6.07, 6.45) is -0.146. The zero-order chi connectivity index (χ0) is 28.3. The number of nitrogens with two attached hydrogens (primary N) is 1. The number of nitrogens with one attached hydrogen (secondary N) is 1. The Morgan fingerprint density at radius 1 is 1.05 bits per heavy atom. The molecule has 1 saturated heterocycles. The molecule has 0 saturated carbocycles. The van der Waals surface area contributed by atoms with Gasteiger partial charge in [0.2, 0.25) is 5.91 Å². The number of pyridine rings is 1. The smallest absolute Gasteiger partial charge is 0.384 e. The van der Waals surface area contributed by atoms with Crippen LogP contribution in [0.2, 0.25) is 0 Å². The Bertz CT molecular complexity index is 1560. The number of nitrogen functional groups attached to an aromatic ring is 1. The van der Waals surface area contributed by atoms with Gasteiger partial charge in [-0.25, -0.2) is 4.98 Å². The summed E-state index contributed by atoms with van der Waals surface area (Å²) in [5.41, 5.74) is 6.91. The van der Waals surface area contributed by atoms with Crippen molar-refractivity contribution in [3.05, 3.63) is 88.4 Å². The number of carbonyl (C=O) groups excluding carboxylic acids is 2. The van der Waals surface area contributed by atoms with Crippen molar-refractivity contribution in [2.45, 2.75) is 12.7 Å². The van der Waals surface area contributed by atoms with E-state index in [2.05, 4.69) is 10.3 Å². The van der Waals surface area contributed by atoms with Gasteiger partial charge in [-0.15, -0.1) is 11.3 Å². The summed E-state index contributed by atoms with van der Waals surface area (Å²) in [4.78, 5) is 31.2. The van der Waals surface area contributed by atoms with Crippen LogP contribution < -0.4 is 11.1 Å². The van der Waals surface area contributed by atoms with Crippen molar-refractivity contribution in [2.24, 2.45) is 0 Å². The molecule has 1 fully saturated rings. The number of alkyl halides is 3. The molecule has 0 aliphatic carbocycles. The van der Waals surface area contributed by atoms with Gasteiger partial charge in [-0.05, 0) is 70.6 Å². The number of benzene rings is 2. The molecule has 2 aromatic carbocycles. The number of rotatable bonds is 6. The second kappa shape index (κ2) is 11.5. The van der Waals surface area contributed by atoms with E-state index in [1.54, 1.807) is 59.5 Å². The fourth-order valence-electron chi connectivity index (χ4n) is 4.35. The molecule has 2 amide bonds. The zero-order valence-corrected chi connectivity index (χ0v) is 22.0. The lowest BCUT2D eigenvalue weighted by Gasteiger charge is -2.26. The number of morpholine rings is 1. The summed E-state index contributed by atoms with van der Waals surface area (Å²) in [5.74, 6) is -0.160. The van der Waals surface area contributed by atoms with E-state index in [1.807, 2.05) is 0 Å². The Hall–Kier alpha value is -4.22. The first-order valence-electron chi connectivity index (χ1n) is 12.5. The molecule has 4 aromatic rings. The van der Waals surface area contributed by atoms with Crippen LogP contribution in [-0.2, 0) is 22.3 Å². The third-order valence-corrected chi connectivity index (χ3v) is 7.59. The first-order chi connectivity index (χ1) is 19.2. The average molecular weight is 567 g/mol. The normalized spacial score (nSPS) is 14.1. The second-order valence-electron chi connectivity index (χ2n) is 9.20. The number of anilines is 1. The molecule has 40 heavy (non-hydrogen) atoms. The average Bonchev–Trinajstić information content (AvgIpc) is 3.38. The monoisotopic (exact) mass is 566 g/mol. The van der Waals surface area contributed by atoms with Crippen molar-refractivity contribution in [3.8, 4) is 11.1 Å². The summed E-state index contributed by atoms with van der Waals surface area (Å²) in [6, 6.07) is 14.4. The van der Waals surface area contributed by atoms with Crippen molar-refractivity contribution in [1.82, 2.24) is 15.2 Å². The number of fused-ring (bicyclic) bond motifs is 1. The van der Waals surface area contributed by atoms with E-state index in [-0.39, 0.29) is 17.2 Å². The number of hydrogen-bond acceptors (Lipinski definition) is 6. The number of halogens is 3. The molecular formula is C29H25F3N4O3S. The molecule has 0 bridgehead atoms. The number of amides is 2. The molecule has 5 rings (SSSR count). The van der Waals surface area contributed by atoms with E-state index >= 15 is 0 Å². The van der Waals surface area contributed by atoms with E-state index in [0.29, 0.717) is 64.6 Å². The number of ether oxygens (including phenoxy) is 1. The topological polar surface area (TPSA) is 97.5 Å². The minimum Gasteiger partial charge on any atom is -0.384 e. The van der Waals surface area contributed by atoms with Crippen LogP contribution in [-0.4, -0.2) is 48.0 Å². The van der Waals surface area contributed by atoms with E-state index in [0.717, 1.165) is 17.4 Å². The maximum Gasteiger partial charge on any atom is 0.417 e. The lowest BCUT2D eigenvalue weighted by molar-refractivity contribution is -0.136. The van der Waals surface area contributed by atoms with Crippen molar-refractivity contribution in [3.63, 3.8) is 0 Å². The molecule has 0 unspecified atom stereocenters. The first-order valence-corrected chi connectivity index (χ1v) is 13.3. The van der Waals surface area contributed by atoms with E-state index < -0.39 is 17.6 Å².